The molecule has 80 valence electrons. The van der Waals surface area contributed by atoms with E-state index in [0.29, 0.717) is 6.04 Å². The molecule has 15 heavy (non-hydrogen) atoms. The summed E-state index contributed by atoms with van der Waals surface area (Å²) >= 11 is 9.41. The molecule has 1 N–H and O–H groups in total. The molecule has 0 heterocycles. The highest BCUT2D eigenvalue weighted by Crippen LogP contribution is 2.23. The summed E-state index contributed by atoms with van der Waals surface area (Å²) in [5.74, 6) is 0. The smallest absolute Gasteiger partial charge is 0.0551 e. The molecule has 0 unspecified atom stereocenters. The van der Waals surface area contributed by atoms with Gasteiger partial charge in [-0.25, -0.2) is 0 Å². The summed E-state index contributed by atoms with van der Waals surface area (Å²) in [6, 6.07) is 6.69. The third-order valence-corrected chi connectivity index (χ3v) is 3.82. The predicted molar refractivity (Wildman–Crippen MR) is 68.2 cm³/mol. The highest BCUT2D eigenvalue weighted by atomic mass is 79.9. The minimum Gasteiger partial charge on any atom is -0.309 e. The third-order valence-electron chi connectivity index (χ3n) is 2.59. The zero-order valence-corrected chi connectivity index (χ0v) is 10.7. The van der Waals surface area contributed by atoms with Crippen LogP contribution in [0, 0.1) is 0 Å². The van der Waals surface area contributed by atoms with Gasteiger partial charge in [-0.15, -0.1) is 0 Å². The van der Waals surface area contributed by atoms with E-state index in [-0.39, 0.29) is 0 Å². The number of rotatable bonds is 3. The zero-order chi connectivity index (χ0) is 10.7. The lowest BCUT2D eigenvalue weighted by molar-refractivity contribution is 0.538. The van der Waals surface area contributed by atoms with Gasteiger partial charge in [-0.3, -0.25) is 0 Å². The molecule has 1 aromatic carbocycles. The summed E-state index contributed by atoms with van der Waals surface area (Å²) in [6.45, 7) is 0.888. The Balaban J connectivity index is 1.90. The van der Waals surface area contributed by atoms with Crippen molar-refractivity contribution in [2.24, 2.45) is 0 Å². The van der Waals surface area contributed by atoms with Crippen LogP contribution in [0.4, 0.5) is 0 Å². The first-order chi connectivity index (χ1) is 7.25. The molecule has 1 nitrogen and oxygen atoms in total. The van der Waals surface area contributed by atoms with Crippen LogP contribution < -0.4 is 5.32 Å². The number of nitrogens with one attached hydrogen (secondary N) is 1. The van der Waals surface area contributed by atoms with E-state index in [1.54, 1.807) is 0 Å². The van der Waals surface area contributed by atoms with Gasteiger partial charge in [0, 0.05) is 17.1 Å². The molecule has 0 radical (unpaired) electrons. The van der Waals surface area contributed by atoms with Crippen LogP contribution in [0.25, 0.3) is 0 Å². The molecule has 1 aliphatic rings. The molecule has 1 aliphatic carbocycles. The molecule has 0 bridgehead atoms. The first-order valence-corrected chi connectivity index (χ1v) is 6.25. The Morgan fingerprint density at radius 3 is 2.73 bits per heavy atom. The minimum atomic E-state index is 0.604. The minimum absolute atomic E-state index is 0.604. The van der Waals surface area contributed by atoms with Crippen LogP contribution in [0.1, 0.15) is 18.4 Å². The molecule has 0 aromatic heterocycles. The van der Waals surface area contributed by atoms with Crippen LogP contribution >= 0.6 is 27.5 Å². The van der Waals surface area contributed by atoms with E-state index >= 15 is 0 Å². The number of hydrogen-bond donors (Lipinski definition) is 1. The van der Waals surface area contributed by atoms with Gasteiger partial charge in [-0.1, -0.05) is 29.8 Å². The van der Waals surface area contributed by atoms with Crippen molar-refractivity contribution in [3.05, 3.63) is 45.4 Å². The monoisotopic (exact) mass is 285 g/mol. The van der Waals surface area contributed by atoms with Gasteiger partial charge in [0.25, 0.3) is 0 Å². The van der Waals surface area contributed by atoms with Gasteiger partial charge in [0.1, 0.15) is 0 Å². The van der Waals surface area contributed by atoms with E-state index in [2.05, 4.69) is 39.5 Å². The van der Waals surface area contributed by atoms with Crippen molar-refractivity contribution < 1.29 is 0 Å². The Hall–Kier alpha value is -0.310. The van der Waals surface area contributed by atoms with Gasteiger partial charge in [0.05, 0.1) is 5.02 Å². The van der Waals surface area contributed by atoms with E-state index in [9.17, 15) is 0 Å². The lowest BCUT2D eigenvalue weighted by atomic mass is 10.2. The molecule has 0 fully saturated rings. The molecule has 0 atom stereocenters. The third kappa shape index (κ3) is 3.07. The molecule has 2 rings (SSSR count). The topological polar surface area (TPSA) is 12.0 Å². The Morgan fingerprint density at radius 1 is 1.33 bits per heavy atom. The van der Waals surface area contributed by atoms with E-state index in [0.717, 1.165) is 28.9 Å². The van der Waals surface area contributed by atoms with Gasteiger partial charge in [0.2, 0.25) is 0 Å². The molecule has 0 spiro atoms. The average Bonchev–Trinajstić information content (AvgIpc) is 2.73. The van der Waals surface area contributed by atoms with Gasteiger partial charge in [-0.05, 0) is 46.5 Å². The summed E-state index contributed by atoms with van der Waals surface area (Å²) in [5, 5.41) is 4.28. The summed E-state index contributed by atoms with van der Waals surface area (Å²) < 4.78 is 0.954. The van der Waals surface area contributed by atoms with Crippen molar-refractivity contribution in [2.45, 2.75) is 25.4 Å². The fourth-order valence-electron chi connectivity index (χ4n) is 1.70. The lowest BCUT2D eigenvalue weighted by Gasteiger charge is -2.12. The van der Waals surface area contributed by atoms with E-state index in [1.165, 1.54) is 5.56 Å². The fourth-order valence-corrected chi connectivity index (χ4v) is 2.15. The second-order valence-electron chi connectivity index (χ2n) is 3.77. The first kappa shape index (κ1) is 11.2. The van der Waals surface area contributed by atoms with Crippen LogP contribution in [0.2, 0.25) is 5.02 Å². The second kappa shape index (κ2) is 5.15. The van der Waals surface area contributed by atoms with Crippen LogP contribution in [0.3, 0.4) is 0 Å². The maximum atomic E-state index is 6.02. The average molecular weight is 287 g/mol. The van der Waals surface area contributed by atoms with Crippen molar-refractivity contribution in [2.75, 3.05) is 0 Å². The van der Waals surface area contributed by atoms with Crippen molar-refractivity contribution in [3.63, 3.8) is 0 Å². The van der Waals surface area contributed by atoms with Crippen LogP contribution in [-0.4, -0.2) is 6.04 Å². The molecule has 1 aromatic rings. The Bertz CT molecular complexity index is 368. The van der Waals surface area contributed by atoms with Gasteiger partial charge < -0.3 is 5.32 Å². The van der Waals surface area contributed by atoms with Crippen molar-refractivity contribution in [1.29, 1.82) is 0 Å². The quantitative estimate of drug-likeness (QED) is 0.831. The van der Waals surface area contributed by atoms with Crippen molar-refractivity contribution >= 4 is 27.5 Å². The van der Waals surface area contributed by atoms with E-state index in [1.807, 2.05) is 12.1 Å². The Kier molecular flexibility index (Phi) is 3.84. The first-order valence-electron chi connectivity index (χ1n) is 5.08. The molecule has 0 aliphatic heterocycles. The van der Waals surface area contributed by atoms with Crippen molar-refractivity contribution in [3.8, 4) is 0 Å². The van der Waals surface area contributed by atoms with Gasteiger partial charge in [0.15, 0.2) is 0 Å². The lowest BCUT2D eigenvalue weighted by Crippen LogP contribution is -2.25. The number of hydrogen-bond acceptors (Lipinski definition) is 1. The van der Waals surface area contributed by atoms with Crippen LogP contribution in [-0.2, 0) is 6.54 Å². The number of halogens is 2. The maximum absolute atomic E-state index is 6.02. The summed E-state index contributed by atoms with van der Waals surface area (Å²) in [7, 11) is 0. The fraction of sp³-hybridized carbons (Fsp3) is 0.333. The Labute approximate surface area is 104 Å². The highest BCUT2D eigenvalue weighted by molar-refractivity contribution is 9.10. The predicted octanol–water partition coefficient (Wildman–Crippen LogP) is 3.91. The van der Waals surface area contributed by atoms with Crippen molar-refractivity contribution in [1.82, 2.24) is 5.32 Å². The van der Waals surface area contributed by atoms with Gasteiger partial charge in [-0.2, -0.15) is 0 Å². The second-order valence-corrected chi connectivity index (χ2v) is 5.03. The summed E-state index contributed by atoms with van der Waals surface area (Å²) in [5.41, 5.74) is 1.23. The zero-order valence-electron chi connectivity index (χ0n) is 8.34. The molecule has 0 saturated heterocycles. The largest absolute Gasteiger partial charge is 0.309 e. The SMILES string of the molecule is Clc1cc(CNC2CC=CC2)ccc1Br. The Morgan fingerprint density at radius 2 is 2.07 bits per heavy atom. The summed E-state index contributed by atoms with van der Waals surface area (Å²) in [4.78, 5) is 0. The van der Waals surface area contributed by atoms with E-state index < -0.39 is 0 Å². The molecule has 0 saturated carbocycles. The van der Waals surface area contributed by atoms with E-state index in [4.69, 9.17) is 11.6 Å². The summed E-state index contributed by atoms with van der Waals surface area (Å²) in [6.07, 6.45) is 6.74. The standard InChI is InChI=1S/C12H13BrClN/c13-11-6-5-9(7-12(11)14)8-15-10-3-1-2-4-10/h1-2,5-7,10,15H,3-4,8H2. The molecule has 0 amide bonds. The number of benzene rings is 1. The molecular formula is C12H13BrClN. The highest BCUT2D eigenvalue weighted by Gasteiger charge is 2.09. The maximum Gasteiger partial charge on any atom is 0.0551 e. The molecular weight excluding hydrogens is 273 g/mol. The van der Waals surface area contributed by atoms with Gasteiger partial charge >= 0.3 is 0 Å². The van der Waals surface area contributed by atoms with Crippen LogP contribution in [0.15, 0.2) is 34.8 Å². The normalized spacial score (nSPS) is 16.1. The van der Waals surface area contributed by atoms with Crippen LogP contribution in [0.5, 0.6) is 0 Å². The molecule has 3 heteroatoms.